The van der Waals surface area contributed by atoms with E-state index < -0.39 is 0 Å². The van der Waals surface area contributed by atoms with E-state index in [1.54, 1.807) is 12.1 Å². The summed E-state index contributed by atoms with van der Waals surface area (Å²) in [6.07, 6.45) is 0. The standard InChI is InChI=1S/C7H6BrN3O/c1-4-2-5(8)7(12)6(3-4)10-11-9/h2-3,12H,1H3. The highest BCUT2D eigenvalue weighted by atomic mass is 79.9. The van der Waals surface area contributed by atoms with Crippen LogP contribution in [0.15, 0.2) is 21.7 Å². The molecule has 0 bridgehead atoms. The summed E-state index contributed by atoms with van der Waals surface area (Å²) >= 11 is 3.13. The molecule has 0 aromatic heterocycles. The van der Waals surface area contributed by atoms with E-state index in [9.17, 15) is 5.11 Å². The molecule has 62 valence electrons. The second kappa shape index (κ2) is 3.47. The van der Waals surface area contributed by atoms with Crippen molar-refractivity contribution in [1.82, 2.24) is 0 Å². The van der Waals surface area contributed by atoms with E-state index in [0.29, 0.717) is 4.47 Å². The van der Waals surface area contributed by atoms with Gasteiger partial charge in [-0.25, -0.2) is 0 Å². The predicted octanol–water partition coefficient (Wildman–Crippen LogP) is 3.40. The molecule has 0 aliphatic carbocycles. The van der Waals surface area contributed by atoms with E-state index in [4.69, 9.17) is 5.53 Å². The van der Waals surface area contributed by atoms with Gasteiger partial charge in [-0.3, -0.25) is 0 Å². The Morgan fingerprint density at radius 2 is 2.25 bits per heavy atom. The number of nitrogens with zero attached hydrogens (tertiary/aromatic N) is 3. The summed E-state index contributed by atoms with van der Waals surface area (Å²) in [7, 11) is 0. The number of benzene rings is 1. The molecule has 1 N–H and O–H groups in total. The first-order chi connectivity index (χ1) is 5.65. The number of azide groups is 1. The van der Waals surface area contributed by atoms with Crippen molar-refractivity contribution in [3.63, 3.8) is 0 Å². The number of aryl methyl sites for hydroxylation is 1. The summed E-state index contributed by atoms with van der Waals surface area (Å²) in [6.45, 7) is 1.85. The molecule has 1 rings (SSSR count). The van der Waals surface area contributed by atoms with Crippen LogP contribution >= 0.6 is 15.9 Å². The average Bonchev–Trinajstić information content (AvgIpc) is 2.00. The first-order valence-corrected chi connectivity index (χ1v) is 3.98. The largest absolute Gasteiger partial charge is 0.506 e. The minimum Gasteiger partial charge on any atom is -0.506 e. The van der Waals surface area contributed by atoms with Crippen molar-refractivity contribution in [2.45, 2.75) is 6.92 Å². The molecule has 0 unspecified atom stereocenters. The normalized spacial score (nSPS) is 9.17. The Morgan fingerprint density at radius 1 is 1.58 bits per heavy atom. The van der Waals surface area contributed by atoms with Crippen molar-refractivity contribution in [2.24, 2.45) is 5.11 Å². The maximum absolute atomic E-state index is 9.34. The molecule has 0 fully saturated rings. The molecule has 0 heterocycles. The molecule has 0 spiro atoms. The molecule has 1 aromatic rings. The molecular formula is C7H6BrN3O. The molecule has 0 atom stereocenters. The van der Waals surface area contributed by atoms with Crippen molar-refractivity contribution in [2.75, 3.05) is 0 Å². The monoisotopic (exact) mass is 227 g/mol. The molecule has 12 heavy (non-hydrogen) atoms. The smallest absolute Gasteiger partial charge is 0.139 e. The molecule has 0 aliphatic rings. The van der Waals surface area contributed by atoms with Crippen LogP contribution in [0.3, 0.4) is 0 Å². The zero-order valence-corrected chi connectivity index (χ0v) is 7.91. The second-order valence-corrected chi connectivity index (χ2v) is 3.16. The van der Waals surface area contributed by atoms with Crippen molar-refractivity contribution in [3.05, 3.63) is 32.6 Å². The third-order valence-electron chi connectivity index (χ3n) is 1.34. The molecule has 0 amide bonds. The second-order valence-electron chi connectivity index (χ2n) is 2.30. The van der Waals surface area contributed by atoms with Crippen molar-refractivity contribution < 1.29 is 5.11 Å². The highest BCUT2D eigenvalue weighted by Gasteiger charge is 2.03. The number of hydrogen-bond acceptors (Lipinski definition) is 2. The van der Waals surface area contributed by atoms with Crippen LogP contribution in [0.2, 0.25) is 0 Å². The maximum atomic E-state index is 9.34. The lowest BCUT2D eigenvalue weighted by Gasteiger charge is -2.01. The Labute approximate surface area is 77.6 Å². The summed E-state index contributed by atoms with van der Waals surface area (Å²) in [6, 6.07) is 3.35. The van der Waals surface area contributed by atoms with Gasteiger partial charge in [-0.2, -0.15) is 0 Å². The fraction of sp³-hybridized carbons (Fsp3) is 0.143. The van der Waals surface area contributed by atoms with Gasteiger partial charge in [0.2, 0.25) is 0 Å². The Morgan fingerprint density at radius 3 is 2.83 bits per heavy atom. The number of phenolic OH excluding ortho intramolecular Hbond substituents is 1. The molecular weight excluding hydrogens is 222 g/mol. The number of halogens is 1. The molecule has 0 aliphatic heterocycles. The van der Waals surface area contributed by atoms with E-state index in [1.165, 1.54) is 0 Å². The quantitative estimate of drug-likeness (QED) is 0.446. The highest BCUT2D eigenvalue weighted by Crippen LogP contribution is 2.35. The first-order valence-electron chi connectivity index (χ1n) is 3.19. The van der Waals surface area contributed by atoms with Crippen LogP contribution in [0.4, 0.5) is 5.69 Å². The molecule has 0 saturated heterocycles. The third kappa shape index (κ3) is 1.69. The van der Waals surface area contributed by atoms with Crippen LogP contribution in [0, 0.1) is 6.92 Å². The molecule has 1 aromatic carbocycles. The zero-order valence-electron chi connectivity index (χ0n) is 6.32. The molecule has 5 heteroatoms. The summed E-state index contributed by atoms with van der Waals surface area (Å²) in [4.78, 5) is 2.59. The lowest BCUT2D eigenvalue weighted by molar-refractivity contribution is 0.473. The minimum atomic E-state index is -0.0293. The van der Waals surface area contributed by atoms with Gasteiger partial charge in [0.15, 0.2) is 0 Å². The minimum absolute atomic E-state index is 0.0293. The summed E-state index contributed by atoms with van der Waals surface area (Å²) in [5, 5.41) is 12.7. The van der Waals surface area contributed by atoms with Crippen molar-refractivity contribution in [1.29, 1.82) is 0 Å². The van der Waals surface area contributed by atoms with E-state index in [-0.39, 0.29) is 11.4 Å². The summed E-state index contributed by atoms with van der Waals surface area (Å²) < 4.78 is 0.532. The van der Waals surface area contributed by atoms with Crippen LogP contribution in [0.25, 0.3) is 10.4 Å². The van der Waals surface area contributed by atoms with E-state index in [2.05, 4.69) is 26.0 Å². The summed E-state index contributed by atoms with van der Waals surface area (Å²) in [5.74, 6) is -0.0293. The summed E-state index contributed by atoms with van der Waals surface area (Å²) in [5.41, 5.74) is 9.32. The Kier molecular flexibility index (Phi) is 2.58. The number of aromatic hydroxyl groups is 1. The third-order valence-corrected chi connectivity index (χ3v) is 1.94. The lowest BCUT2D eigenvalue weighted by atomic mass is 10.2. The number of hydrogen-bond donors (Lipinski definition) is 1. The van der Waals surface area contributed by atoms with Gasteiger partial charge in [-0.15, -0.1) is 0 Å². The first kappa shape index (κ1) is 8.90. The van der Waals surface area contributed by atoms with Gasteiger partial charge >= 0.3 is 0 Å². The molecule has 0 radical (unpaired) electrons. The fourth-order valence-electron chi connectivity index (χ4n) is 0.841. The highest BCUT2D eigenvalue weighted by molar-refractivity contribution is 9.10. The van der Waals surface area contributed by atoms with Gasteiger partial charge in [-0.05, 0) is 46.1 Å². The van der Waals surface area contributed by atoms with Crippen molar-refractivity contribution >= 4 is 21.6 Å². The SMILES string of the molecule is Cc1cc(Br)c(O)c(N=[N+]=[N-])c1. The maximum Gasteiger partial charge on any atom is 0.139 e. The van der Waals surface area contributed by atoms with Gasteiger partial charge < -0.3 is 5.11 Å². The van der Waals surface area contributed by atoms with Crippen LogP contribution in [-0.4, -0.2) is 5.11 Å². The predicted molar refractivity (Wildman–Crippen MR) is 49.3 cm³/mol. The van der Waals surface area contributed by atoms with Crippen LogP contribution in [0.1, 0.15) is 5.56 Å². The Bertz CT molecular complexity index is 358. The average molecular weight is 228 g/mol. The Balaban J connectivity index is 3.36. The zero-order chi connectivity index (χ0) is 9.14. The lowest BCUT2D eigenvalue weighted by Crippen LogP contribution is -1.74. The fourth-order valence-corrected chi connectivity index (χ4v) is 1.40. The van der Waals surface area contributed by atoms with Crippen molar-refractivity contribution in [3.8, 4) is 5.75 Å². The van der Waals surface area contributed by atoms with Gasteiger partial charge in [0, 0.05) is 4.91 Å². The van der Waals surface area contributed by atoms with Gasteiger partial charge in [0.25, 0.3) is 0 Å². The van der Waals surface area contributed by atoms with Crippen LogP contribution in [-0.2, 0) is 0 Å². The van der Waals surface area contributed by atoms with Crippen LogP contribution < -0.4 is 0 Å². The topological polar surface area (TPSA) is 69.0 Å². The number of phenols is 1. The van der Waals surface area contributed by atoms with E-state index in [0.717, 1.165) is 5.56 Å². The van der Waals surface area contributed by atoms with Gasteiger partial charge in [0.1, 0.15) is 5.75 Å². The van der Waals surface area contributed by atoms with Gasteiger partial charge in [0.05, 0.1) is 10.2 Å². The van der Waals surface area contributed by atoms with E-state index in [1.807, 2.05) is 6.92 Å². The van der Waals surface area contributed by atoms with E-state index >= 15 is 0 Å². The molecule has 0 saturated carbocycles. The number of rotatable bonds is 1. The van der Waals surface area contributed by atoms with Crippen LogP contribution in [0.5, 0.6) is 5.75 Å². The van der Waals surface area contributed by atoms with Gasteiger partial charge in [-0.1, -0.05) is 5.11 Å². The molecule has 4 nitrogen and oxygen atoms in total. The Hall–Kier alpha value is -1.19.